The van der Waals surface area contributed by atoms with Crippen molar-refractivity contribution in [3.05, 3.63) is 23.8 Å². The molecule has 1 aromatic carbocycles. The van der Waals surface area contributed by atoms with Crippen LogP contribution in [0.2, 0.25) is 0 Å². The Bertz CT molecular complexity index is 431. The Morgan fingerprint density at radius 2 is 2.35 bits per heavy atom. The smallest absolute Gasteiger partial charge is 0.224 e. The maximum absolute atomic E-state index is 11.6. The molecule has 0 aromatic heterocycles. The highest BCUT2D eigenvalue weighted by Gasteiger charge is 2.25. The maximum Gasteiger partial charge on any atom is 0.224 e. The molecule has 0 spiro atoms. The Hall–Kier alpha value is -1.55. The summed E-state index contributed by atoms with van der Waals surface area (Å²) in [7, 11) is 0. The van der Waals surface area contributed by atoms with Gasteiger partial charge in [0.2, 0.25) is 5.91 Å². The van der Waals surface area contributed by atoms with Gasteiger partial charge in [0.05, 0.1) is 12.2 Å². The fourth-order valence-corrected chi connectivity index (χ4v) is 2.10. The largest absolute Gasteiger partial charge is 0.487 e. The first-order valence-corrected chi connectivity index (χ1v) is 5.89. The number of carbonyl (C=O) groups excluding carboxylic acids is 1. The Balaban J connectivity index is 2.38. The molecule has 1 aromatic rings. The minimum atomic E-state index is 0.0340. The summed E-state index contributed by atoms with van der Waals surface area (Å²) in [5, 5.41) is 0. The number of nitrogens with zero attached hydrogens (tertiary/aromatic N) is 1. The zero-order valence-electron chi connectivity index (χ0n) is 10.3. The third kappa shape index (κ3) is 2.42. The summed E-state index contributed by atoms with van der Waals surface area (Å²) in [5.41, 5.74) is 7.54. The van der Waals surface area contributed by atoms with Gasteiger partial charge in [0, 0.05) is 6.92 Å². The Labute approximate surface area is 101 Å². The predicted octanol–water partition coefficient (Wildman–Crippen LogP) is 1.32. The van der Waals surface area contributed by atoms with Gasteiger partial charge in [0.15, 0.2) is 0 Å². The van der Waals surface area contributed by atoms with E-state index in [2.05, 4.69) is 0 Å². The summed E-state index contributed by atoms with van der Waals surface area (Å²) in [6.07, 6.45) is 0.848. The second-order valence-corrected chi connectivity index (χ2v) is 4.40. The van der Waals surface area contributed by atoms with E-state index in [4.69, 9.17) is 10.5 Å². The molecule has 0 aliphatic carbocycles. The van der Waals surface area contributed by atoms with E-state index in [-0.39, 0.29) is 12.0 Å². The number of ether oxygens (including phenoxy) is 1. The Morgan fingerprint density at radius 3 is 3.00 bits per heavy atom. The fraction of sp³-hybridized carbons (Fsp3) is 0.462. The average molecular weight is 234 g/mol. The SMILES string of the molecule is CC(=O)N1CC(C)Oc2ccc(CCN)cc21. The summed E-state index contributed by atoms with van der Waals surface area (Å²) in [6.45, 7) is 4.76. The summed E-state index contributed by atoms with van der Waals surface area (Å²) < 4.78 is 5.72. The molecule has 92 valence electrons. The molecule has 0 radical (unpaired) electrons. The molecule has 2 N–H and O–H groups in total. The minimum Gasteiger partial charge on any atom is -0.487 e. The highest BCUT2D eigenvalue weighted by atomic mass is 16.5. The second kappa shape index (κ2) is 4.75. The molecule has 4 nitrogen and oxygen atoms in total. The van der Waals surface area contributed by atoms with E-state index in [0.29, 0.717) is 13.1 Å². The van der Waals surface area contributed by atoms with Crippen LogP contribution < -0.4 is 15.4 Å². The Morgan fingerprint density at radius 1 is 1.59 bits per heavy atom. The quantitative estimate of drug-likeness (QED) is 0.839. The first-order valence-electron chi connectivity index (χ1n) is 5.89. The van der Waals surface area contributed by atoms with Crippen molar-refractivity contribution in [3.8, 4) is 5.75 Å². The van der Waals surface area contributed by atoms with Crippen LogP contribution in [0.25, 0.3) is 0 Å². The lowest BCUT2D eigenvalue weighted by Crippen LogP contribution is -2.41. The Kier molecular flexibility index (Phi) is 3.33. The number of anilines is 1. The van der Waals surface area contributed by atoms with Crippen LogP contribution in [0.15, 0.2) is 18.2 Å². The first-order chi connectivity index (χ1) is 8.11. The first kappa shape index (κ1) is 11.9. The number of carbonyl (C=O) groups is 1. The topological polar surface area (TPSA) is 55.6 Å². The summed E-state index contributed by atoms with van der Waals surface area (Å²) in [5.74, 6) is 0.825. The van der Waals surface area contributed by atoms with Crippen molar-refractivity contribution in [2.75, 3.05) is 18.0 Å². The molecule has 0 saturated heterocycles. The summed E-state index contributed by atoms with van der Waals surface area (Å²) in [4.78, 5) is 13.4. The fourth-order valence-electron chi connectivity index (χ4n) is 2.10. The monoisotopic (exact) mass is 234 g/mol. The second-order valence-electron chi connectivity index (χ2n) is 4.40. The van der Waals surface area contributed by atoms with E-state index < -0.39 is 0 Å². The van der Waals surface area contributed by atoms with Crippen molar-refractivity contribution in [3.63, 3.8) is 0 Å². The zero-order valence-corrected chi connectivity index (χ0v) is 10.3. The minimum absolute atomic E-state index is 0.0340. The van der Waals surface area contributed by atoms with Gasteiger partial charge in [-0.1, -0.05) is 6.07 Å². The number of hydrogen-bond acceptors (Lipinski definition) is 3. The van der Waals surface area contributed by atoms with E-state index >= 15 is 0 Å². The summed E-state index contributed by atoms with van der Waals surface area (Å²) in [6, 6.07) is 5.92. The molecule has 1 amide bonds. The molecule has 17 heavy (non-hydrogen) atoms. The van der Waals surface area contributed by atoms with E-state index in [1.54, 1.807) is 11.8 Å². The molecule has 1 aliphatic rings. The molecule has 1 heterocycles. The number of fused-ring (bicyclic) bond motifs is 1. The normalized spacial score (nSPS) is 18.5. The maximum atomic E-state index is 11.6. The number of nitrogens with two attached hydrogens (primary N) is 1. The van der Waals surface area contributed by atoms with Gasteiger partial charge in [-0.15, -0.1) is 0 Å². The van der Waals surface area contributed by atoms with Crippen LogP contribution in [0.3, 0.4) is 0 Å². The van der Waals surface area contributed by atoms with Crippen molar-refractivity contribution in [1.82, 2.24) is 0 Å². The number of rotatable bonds is 2. The number of amides is 1. The number of hydrogen-bond donors (Lipinski definition) is 1. The third-order valence-electron chi connectivity index (χ3n) is 2.90. The van der Waals surface area contributed by atoms with Crippen LogP contribution in [-0.4, -0.2) is 25.1 Å². The van der Waals surface area contributed by atoms with Crippen LogP contribution in [0.4, 0.5) is 5.69 Å². The van der Waals surface area contributed by atoms with E-state index in [1.807, 2.05) is 25.1 Å². The van der Waals surface area contributed by atoms with Gasteiger partial charge >= 0.3 is 0 Å². The standard InChI is InChI=1S/C13H18N2O2/c1-9-8-15(10(2)16)12-7-11(5-6-14)3-4-13(12)17-9/h3-4,7,9H,5-6,8,14H2,1-2H3. The van der Waals surface area contributed by atoms with Gasteiger partial charge < -0.3 is 15.4 Å². The van der Waals surface area contributed by atoms with Crippen LogP contribution in [0.1, 0.15) is 19.4 Å². The van der Waals surface area contributed by atoms with E-state index in [1.165, 1.54) is 0 Å². The number of benzene rings is 1. The molecule has 1 unspecified atom stereocenters. The van der Waals surface area contributed by atoms with Gasteiger partial charge in [-0.2, -0.15) is 0 Å². The molecule has 4 heteroatoms. The third-order valence-corrected chi connectivity index (χ3v) is 2.90. The molecular formula is C13H18N2O2. The molecular weight excluding hydrogens is 216 g/mol. The van der Waals surface area contributed by atoms with Crippen LogP contribution in [-0.2, 0) is 11.2 Å². The van der Waals surface area contributed by atoms with E-state index in [0.717, 1.165) is 23.4 Å². The highest BCUT2D eigenvalue weighted by Crippen LogP contribution is 2.34. The highest BCUT2D eigenvalue weighted by molar-refractivity contribution is 5.93. The predicted molar refractivity (Wildman–Crippen MR) is 67.3 cm³/mol. The summed E-state index contributed by atoms with van der Waals surface area (Å²) >= 11 is 0. The van der Waals surface area contributed by atoms with Crippen molar-refractivity contribution in [2.24, 2.45) is 5.73 Å². The van der Waals surface area contributed by atoms with Crippen LogP contribution in [0.5, 0.6) is 5.75 Å². The lowest BCUT2D eigenvalue weighted by molar-refractivity contribution is -0.117. The zero-order chi connectivity index (χ0) is 12.4. The average Bonchev–Trinajstić information content (AvgIpc) is 2.28. The van der Waals surface area contributed by atoms with Crippen molar-refractivity contribution >= 4 is 11.6 Å². The lowest BCUT2D eigenvalue weighted by atomic mass is 10.1. The molecule has 2 rings (SSSR count). The van der Waals surface area contributed by atoms with Crippen LogP contribution >= 0.6 is 0 Å². The van der Waals surface area contributed by atoms with Gasteiger partial charge in [0.1, 0.15) is 11.9 Å². The molecule has 0 bridgehead atoms. The van der Waals surface area contributed by atoms with Gasteiger partial charge in [-0.3, -0.25) is 4.79 Å². The van der Waals surface area contributed by atoms with Crippen LogP contribution in [0, 0.1) is 0 Å². The van der Waals surface area contributed by atoms with Crippen molar-refractivity contribution < 1.29 is 9.53 Å². The molecule has 0 fully saturated rings. The van der Waals surface area contributed by atoms with Gasteiger partial charge in [0.25, 0.3) is 0 Å². The van der Waals surface area contributed by atoms with Gasteiger partial charge in [-0.25, -0.2) is 0 Å². The molecule has 1 aliphatic heterocycles. The lowest BCUT2D eigenvalue weighted by Gasteiger charge is -2.33. The molecule has 0 saturated carbocycles. The van der Waals surface area contributed by atoms with Crippen molar-refractivity contribution in [1.29, 1.82) is 0 Å². The van der Waals surface area contributed by atoms with E-state index in [9.17, 15) is 4.79 Å². The van der Waals surface area contributed by atoms with Crippen molar-refractivity contribution in [2.45, 2.75) is 26.4 Å². The molecule has 1 atom stereocenters. The van der Waals surface area contributed by atoms with Gasteiger partial charge in [-0.05, 0) is 37.6 Å².